The molecule has 3 aromatic carbocycles. The molecule has 30 heavy (non-hydrogen) atoms. The van der Waals surface area contributed by atoms with Crippen molar-refractivity contribution in [2.45, 2.75) is 13.5 Å². The lowest BCUT2D eigenvalue weighted by Crippen LogP contribution is -2.13. The Labute approximate surface area is 179 Å². The summed E-state index contributed by atoms with van der Waals surface area (Å²) in [5, 5.41) is 5.70. The molecule has 2 N–H and O–H groups in total. The molecule has 0 saturated heterocycles. The molecule has 0 bridgehead atoms. The number of halogens is 1. The van der Waals surface area contributed by atoms with Gasteiger partial charge in [-0.3, -0.25) is 9.59 Å². The predicted octanol–water partition coefficient (Wildman–Crippen LogP) is 5.14. The molecule has 0 saturated carbocycles. The number of carbonyl (C=O) groups is 2. The number of anilines is 2. The maximum atomic E-state index is 12.7. The molecule has 2 amide bonds. The predicted molar refractivity (Wildman–Crippen MR) is 117 cm³/mol. The Balaban J connectivity index is 1.71. The van der Waals surface area contributed by atoms with Gasteiger partial charge in [0.2, 0.25) is 5.91 Å². The second-order valence-electron chi connectivity index (χ2n) is 6.47. The Morgan fingerprint density at radius 1 is 0.933 bits per heavy atom. The summed E-state index contributed by atoms with van der Waals surface area (Å²) in [5.41, 5.74) is 2.39. The first-order valence-electron chi connectivity index (χ1n) is 9.19. The fourth-order valence-electron chi connectivity index (χ4n) is 2.76. The van der Waals surface area contributed by atoms with Gasteiger partial charge in [0, 0.05) is 18.2 Å². The van der Waals surface area contributed by atoms with Crippen LogP contribution >= 0.6 is 11.6 Å². The van der Waals surface area contributed by atoms with Crippen LogP contribution in [0, 0.1) is 0 Å². The zero-order valence-electron chi connectivity index (χ0n) is 16.6. The van der Waals surface area contributed by atoms with E-state index in [1.54, 1.807) is 36.4 Å². The molecule has 0 atom stereocenters. The fraction of sp³-hybridized carbons (Fsp3) is 0.130. The van der Waals surface area contributed by atoms with E-state index in [1.807, 2.05) is 30.3 Å². The summed E-state index contributed by atoms with van der Waals surface area (Å²) in [4.78, 5) is 23.8. The highest BCUT2D eigenvalue weighted by Gasteiger charge is 2.13. The summed E-state index contributed by atoms with van der Waals surface area (Å²) >= 11 is 6.22. The van der Waals surface area contributed by atoms with E-state index in [4.69, 9.17) is 21.1 Å². The Hall–Kier alpha value is -3.51. The lowest BCUT2D eigenvalue weighted by molar-refractivity contribution is -0.114. The van der Waals surface area contributed by atoms with E-state index in [-0.39, 0.29) is 11.8 Å². The van der Waals surface area contributed by atoms with E-state index >= 15 is 0 Å². The summed E-state index contributed by atoms with van der Waals surface area (Å²) in [5.74, 6) is 0.433. The van der Waals surface area contributed by atoms with Gasteiger partial charge in [-0.05, 0) is 42.0 Å². The van der Waals surface area contributed by atoms with Crippen molar-refractivity contribution in [1.82, 2.24) is 0 Å². The molecule has 154 valence electrons. The van der Waals surface area contributed by atoms with E-state index in [1.165, 1.54) is 14.0 Å². The van der Waals surface area contributed by atoms with Crippen molar-refractivity contribution in [3.05, 3.63) is 82.9 Å². The number of hydrogen-bond acceptors (Lipinski definition) is 4. The minimum Gasteiger partial charge on any atom is -0.493 e. The highest BCUT2D eigenvalue weighted by molar-refractivity contribution is 6.34. The van der Waals surface area contributed by atoms with E-state index in [2.05, 4.69) is 10.6 Å². The second-order valence-corrected chi connectivity index (χ2v) is 6.88. The number of methoxy groups -OCH3 is 1. The minimum atomic E-state index is -0.350. The maximum Gasteiger partial charge on any atom is 0.255 e. The topological polar surface area (TPSA) is 76.7 Å². The summed E-state index contributed by atoms with van der Waals surface area (Å²) in [6.07, 6.45) is 0. The molecule has 0 unspecified atom stereocenters. The van der Waals surface area contributed by atoms with Crippen molar-refractivity contribution in [1.29, 1.82) is 0 Å². The van der Waals surface area contributed by atoms with E-state index in [0.717, 1.165) is 5.56 Å². The van der Waals surface area contributed by atoms with E-state index in [9.17, 15) is 9.59 Å². The molecular weight excluding hydrogens is 404 g/mol. The van der Waals surface area contributed by atoms with Crippen molar-refractivity contribution in [2.75, 3.05) is 17.7 Å². The molecule has 0 aromatic heterocycles. The molecule has 0 radical (unpaired) electrons. The van der Waals surface area contributed by atoms with E-state index in [0.29, 0.717) is 40.1 Å². The van der Waals surface area contributed by atoms with Crippen molar-refractivity contribution in [3.63, 3.8) is 0 Å². The monoisotopic (exact) mass is 424 g/mol. The molecule has 0 aliphatic rings. The average Bonchev–Trinajstić information content (AvgIpc) is 2.74. The number of carbonyl (C=O) groups excluding carboxylic acids is 2. The van der Waals surface area contributed by atoms with Crippen LogP contribution in [0.2, 0.25) is 5.02 Å². The molecule has 7 heteroatoms. The number of ether oxygens (including phenoxy) is 2. The lowest BCUT2D eigenvalue weighted by Gasteiger charge is -2.13. The first kappa shape index (κ1) is 21.2. The smallest absolute Gasteiger partial charge is 0.255 e. The van der Waals surface area contributed by atoms with Crippen LogP contribution < -0.4 is 20.1 Å². The van der Waals surface area contributed by atoms with Gasteiger partial charge in [-0.15, -0.1) is 0 Å². The van der Waals surface area contributed by atoms with Crippen LogP contribution in [0.4, 0.5) is 11.4 Å². The van der Waals surface area contributed by atoms with Gasteiger partial charge >= 0.3 is 0 Å². The normalized spacial score (nSPS) is 10.2. The van der Waals surface area contributed by atoms with Crippen molar-refractivity contribution >= 4 is 34.8 Å². The van der Waals surface area contributed by atoms with Crippen molar-refractivity contribution in [3.8, 4) is 11.5 Å². The van der Waals surface area contributed by atoms with Crippen LogP contribution in [-0.4, -0.2) is 18.9 Å². The molecule has 0 spiro atoms. The summed E-state index contributed by atoms with van der Waals surface area (Å²) in [6.45, 7) is 1.79. The standard InChI is InChI=1S/C23H21ClN2O4/c1-15(27)25-18-9-10-20(19(24)13-18)26-23(28)17-8-11-21(22(12-17)29-2)30-14-16-6-4-3-5-7-16/h3-13H,14H2,1-2H3,(H,25,27)(H,26,28). The largest absolute Gasteiger partial charge is 0.493 e. The second kappa shape index (κ2) is 9.80. The Bertz CT molecular complexity index is 1050. The van der Waals surface area contributed by atoms with E-state index < -0.39 is 0 Å². The molecule has 0 aliphatic heterocycles. The average molecular weight is 425 g/mol. The summed E-state index contributed by atoms with van der Waals surface area (Å²) < 4.78 is 11.2. The van der Waals surface area contributed by atoms with Crippen LogP contribution in [0.25, 0.3) is 0 Å². The number of amides is 2. The van der Waals surface area contributed by atoms with Crippen LogP contribution in [-0.2, 0) is 11.4 Å². The van der Waals surface area contributed by atoms with Crippen molar-refractivity contribution < 1.29 is 19.1 Å². The van der Waals surface area contributed by atoms with Crippen LogP contribution in [0.1, 0.15) is 22.8 Å². The summed E-state index contributed by atoms with van der Waals surface area (Å²) in [7, 11) is 1.52. The Morgan fingerprint density at radius 3 is 2.37 bits per heavy atom. The van der Waals surface area contributed by atoms with Crippen LogP contribution in [0.15, 0.2) is 66.7 Å². The zero-order chi connectivity index (χ0) is 21.5. The molecule has 3 rings (SSSR count). The molecule has 3 aromatic rings. The quantitative estimate of drug-likeness (QED) is 0.550. The molecular formula is C23H21ClN2O4. The fourth-order valence-corrected chi connectivity index (χ4v) is 2.98. The van der Waals surface area contributed by atoms with Gasteiger partial charge in [-0.2, -0.15) is 0 Å². The first-order chi connectivity index (χ1) is 14.5. The molecule has 0 heterocycles. The first-order valence-corrected chi connectivity index (χ1v) is 9.57. The van der Waals surface area contributed by atoms with Gasteiger partial charge in [0.25, 0.3) is 5.91 Å². The number of benzene rings is 3. The van der Waals surface area contributed by atoms with Crippen LogP contribution in [0.3, 0.4) is 0 Å². The Morgan fingerprint density at radius 2 is 1.70 bits per heavy atom. The number of rotatable bonds is 7. The highest BCUT2D eigenvalue weighted by Crippen LogP contribution is 2.30. The van der Waals surface area contributed by atoms with Gasteiger partial charge in [0.15, 0.2) is 11.5 Å². The van der Waals surface area contributed by atoms with Gasteiger partial charge < -0.3 is 20.1 Å². The lowest BCUT2D eigenvalue weighted by atomic mass is 10.1. The highest BCUT2D eigenvalue weighted by atomic mass is 35.5. The SMILES string of the molecule is COc1cc(C(=O)Nc2ccc(NC(C)=O)cc2Cl)ccc1OCc1ccccc1. The molecule has 0 fully saturated rings. The summed E-state index contributed by atoms with van der Waals surface area (Å²) in [6, 6.07) is 19.6. The third-order valence-corrected chi connectivity index (χ3v) is 4.51. The number of hydrogen-bond donors (Lipinski definition) is 2. The molecule has 0 aliphatic carbocycles. The zero-order valence-corrected chi connectivity index (χ0v) is 17.3. The molecule has 6 nitrogen and oxygen atoms in total. The van der Waals surface area contributed by atoms with Crippen LogP contribution in [0.5, 0.6) is 11.5 Å². The van der Waals surface area contributed by atoms with Crippen molar-refractivity contribution in [2.24, 2.45) is 0 Å². The third kappa shape index (κ3) is 5.52. The maximum absolute atomic E-state index is 12.7. The minimum absolute atomic E-state index is 0.204. The number of nitrogens with one attached hydrogen (secondary N) is 2. The van der Waals surface area contributed by atoms with Gasteiger partial charge in [-0.1, -0.05) is 41.9 Å². The van der Waals surface area contributed by atoms with Gasteiger partial charge in [0.05, 0.1) is 17.8 Å². The Kier molecular flexibility index (Phi) is 6.93. The van der Waals surface area contributed by atoms with Gasteiger partial charge in [-0.25, -0.2) is 0 Å². The van der Waals surface area contributed by atoms with Gasteiger partial charge in [0.1, 0.15) is 6.61 Å². The third-order valence-electron chi connectivity index (χ3n) is 4.20.